The largest absolute Gasteiger partial charge is 0.392 e. The van der Waals surface area contributed by atoms with Crippen LogP contribution in [-0.2, 0) is 63.6 Å². The van der Waals surface area contributed by atoms with Crippen LogP contribution in [0.3, 0.4) is 0 Å². The highest BCUT2D eigenvalue weighted by molar-refractivity contribution is 8.77. The number of aryl methyl sites for hydroxylation is 3. The molecule has 51 heavy (non-hydrogen) atoms. The normalized spacial score (nSPS) is 10.1. The molecule has 8 N–H and O–H groups in total. The van der Waals surface area contributed by atoms with E-state index >= 15 is 0 Å². The van der Waals surface area contributed by atoms with Gasteiger partial charge in [-0.3, -0.25) is 0 Å². The molecule has 0 fully saturated rings. The van der Waals surface area contributed by atoms with Gasteiger partial charge >= 0.3 is 0 Å². The number of aldehydes is 1. The number of benzene rings is 3. The fourth-order valence-electron chi connectivity index (χ4n) is 4.05. The van der Waals surface area contributed by atoms with E-state index in [1.54, 1.807) is 6.07 Å². The molecule has 0 radical (unpaired) electrons. The third-order valence-electron chi connectivity index (χ3n) is 6.49. The van der Waals surface area contributed by atoms with Crippen LogP contribution in [0.2, 0.25) is 0 Å². The van der Waals surface area contributed by atoms with E-state index in [-0.39, 0.29) is 40.4 Å². The first-order valence-electron chi connectivity index (χ1n) is 16.7. The topological polar surface area (TPSA) is 150 Å². The summed E-state index contributed by atoms with van der Waals surface area (Å²) in [5.74, 6) is 0. The third-order valence-corrected chi connectivity index (χ3v) is 18.4. The fourth-order valence-corrected chi connectivity index (χ4v) is 4.05. The van der Waals surface area contributed by atoms with Gasteiger partial charge in [0.25, 0.3) is 0 Å². The number of rotatable bonds is 13. The molecular weight excluding hydrogens is 807 g/mol. The molecular formula is C35H67N2O5P9. The van der Waals surface area contributed by atoms with E-state index in [0.717, 1.165) is 74.2 Å². The van der Waals surface area contributed by atoms with E-state index in [4.69, 9.17) is 31.9 Å². The van der Waals surface area contributed by atoms with Crippen LogP contribution in [0, 0.1) is 0 Å². The van der Waals surface area contributed by atoms with E-state index in [2.05, 4.69) is 92.5 Å². The summed E-state index contributed by atoms with van der Waals surface area (Å²) in [5, 5.41) is 35.8. The van der Waals surface area contributed by atoms with E-state index < -0.39 is 0 Å². The molecule has 7 unspecified atom stereocenters. The Kier molecular flexibility index (Phi) is 43.3. The minimum absolute atomic E-state index is 0.0131. The lowest BCUT2D eigenvalue weighted by molar-refractivity contribution is -0.107. The molecule has 0 aliphatic heterocycles. The molecule has 0 saturated heterocycles. The van der Waals surface area contributed by atoms with Crippen LogP contribution < -0.4 is 11.5 Å². The van der Waals surface area contributed by atoms with Gasteiger partial charge in [0.15, 0.2) is 0 Å². The van der Waals surface area contributed by atoms with Crippen LogP contribution in [0.25, 0.3) is 0 Å². The predicted octanol–water partition coefficient (Wildman–Crippen LogP) is 9.28. The molecule has 7 nitrogen and oxygen atoms in total. The van der Waals surface area contributed by atoms with Crippen molar-refractivity contribution in [3.63, 3.8) is 0 Å². The van der Waals surface area contributed by atoms with Gasteiger partial charge in [-0.1, -0.05) is 96.7 Å². The monoisotopic (exact) mass is 874 g/mol. The maximum absolute atomic E-state index is 9.17. The summed E-state index contributed by atoms with van der Waals surface area (Å²) in [6, 6.07) is 17.9. The zero-order valence-electron chi connectivity index (χ0n) is 31.0. The lowest BCUT2D eigenvalue weighted by Crippen LogP contribution is -1.99. The van der Waals surface area contributed by atoms with Gasteiger partial charge in [-0.25, -0.2) is 0 Å². The fraction of sp³-hybridized carbons (Fsp3) is 0.457. The Morgan fingerprint density at radius 3 is 1.06 bits per heavy atom. The lowest BCUT2D eigenvalue weighted by Gasteiger charge is -2.06. The zero-order chi connectivity index (χ0) is 39.6. The van der Waals surface area contributed by atoms with Crippen molar-refractivity contribution in [2.45, 2.75) is 106 Å². The second kappa shape index (κ2) is 39.2. The molecule has 0 bridgehead atoms. The smallest absolute Gasteiger partial charge is 0.119 e. The van der Waals surface area contributed by atoms with Gasteiger partial charge in [-0.15, -0.1) is 53.6 Å². The second-order valence-corrected chi connectivity index (χ2v) is 36.5. The van der Waals surface area contributed by atoms with Crippen LogP contribution in [0.4, 0.5) is 0 Å². The molecule has 0 aromatic heterocycles. The number of nitrogens with two attached hydrogens (primary N) is 2. The highest BCUT2D eigenvalue weighted by Gasteiger charge is 2.00. The van der Waals surface area contributed by atoms with Crippen molar-refractivity contribution in [2.24, 2.45) is 11.5 Å². The molecule has 7 atom stereocenters. The van der Waals surface area contributed by atoms with Crippen molar-refractivity contribution in [1.82, 2.24) is 0 Å². The third kappa shape index (κ3) is 34.0. The van der Waals surface area contributed by atoms with Gasteiger partial charge in [-0.05, 0) is 89.7 Å². The van der Waals surface area contributed by atoms with Crippen LogP contribution >= 0.6 is 75.5 Å². The number of aliphatic hydroxyl groups is 4. The Bertz CT molecular complexity index is 1090. The van der Waals surface area contributed by atoms with E-state index in [9.17, 15) is 4.79 Å². The summed E-state index contributed by atoms with van der Waals surface area (Å²) in [4.78, 5) is 9.17. The van der Waals surface area contributed by atoms with Gasteiger partial charge in [0, 0.05) is 19.5 Å². The Labute approximate surface area is 327 Å². The number of carbonyl (C=O) groups excluding carboxylic acids is 1. The number of hydrogen-bond donors (Lipinski definition) is 6. The van der Waals surface area contributed by atoms with E-state index in [0.29, 0.717) is 19.5 Å². The van der Waals surface area contributed by atoms with Crippen molar-refractivity contribution >= 4 is 81.8 Å². The Balaban J connectivity index is -0.000000580. The lowest BCUT2D eigenvalue weighted by atomic mass is 10.0. The molecule has 0 amide bonds. The molecule has 3 aromatic rings. The second-order valence-electron chi connectivity index (χ2n) is 10.9. The molecule has 0 aliphatic rings. The predicted molar refractivity (Wildman–Crippen MR) is 253 cm³/mol. The van der Waals surface area contributed by atoms with Crippen molar-refractivity contribution in [1.29, 1.82) is 0 Å². The average Bonchev–Trinajstić information content (AvgIpc) is 3.16. The maximum Gasteiger partial charge on any atom is 0.119 e. The highest BCUT2D eigenvalue weighted by atomic mass is 32.8. The van der Waals surface area contributed by atoms with E-state index in [1.165, 1.54) is 22.3 Å². The van der Waals surface area contributed by atoms with Crippen molar-refractivity contribution in [3.8, 4) is 0 Å². The molecule has 16 heteroatoms. The number of unbranched alkanes of at least 4 members (excludes halogenated alkanes) is 1. The Morgan fingerprint density at radius 1 is 0.588 bits per heavy atom. The molecule has 0 spiro atoms. The van der Waals surface area contributed by atoms with Crippen LogP contribution in [0.15, 0.2) is 54.6 Å². The van der Waals surface area contributed by atoms with Gasteiger partial charge in [-0.2, -0.15) is 0 Å². The molecule has 0 saturated carbocycles. The Hall–Kier alpha value is 0.960. The highest BCUT2D eigenvalue weighted by Crippen LogP contribution is 2.71. The van der Waals surface area contributed by atoms with Gasteiger partial charge in [0.1, 0.15) is 6.29 Å². The zero-order valence-corrected chi connectivity index (χ0v) is 40.7. The van der Waals surface area contributed by atoms with Crippen molar-refractivity contribution in [3.05, 3.63) is 105 Å². The van der Waals surface area contributed by atoms with Gasteiger partial charge in [0.05, 0.1) is 26.4 Å². The summed E-state index contributed by atoms with van der Waals surface area (Å²) < 4.78 is 0. The summed E-state index contributed by atoms with van der Waals surface area (Å²) in [6.07, 6.45) is 7.05. The van der Waals surface area contributed by atoms with Gasteiger partial charge < -0.3 is 36.7 Å². The molecule has 3 aromatic carbocycles. The number of hydrogen-bond acceptors (Lipinski definition) is 7. The number of carbonyl (C=O) groups is 1. The Morgan fingerprint density at radius 2 is 0.843 bits per heavy atom. The molecule has 0 heterocycles. The summed E-state index contributed by atoms with van der Waals surface area (Å²) in [6.45, 7) is 9.83. The molecule has 0 aliphatic carbocycles. The quantitative estimate of drug-likeness (QED) is 0.0741. The van der Waals surface area contributed by atoms with Crippen LogP contribution in [0.5, 0.6) is 0 Å². The van der Waals surface area contributed by atoms with Crippen LogP contribution in [0.1, 0.15) is 97.0 Å². The maximum atomic E-state index is 9.17. The summed E-state index contributed by atoms with van der Waals surface area (Å²) >= 11 is 0. The van der Waals surface area contributed by atoms with Crippen molar-refractivity contribution in [2.75, 3.05) is 0 Å². The van der Waals surface area contributed by atoms with Crippen LogP contribution in [-0.4, -0.2) is 26.7 Å². The summed E-state index contributed by atoms with van der Waals surface area (Å²) in [5.41, 5.74) is 20.6. The van der Waals surface area contributed by atoms with Crippen molar-refractivity contribution < 1.29 is 25.2 Å². The first-order chi connectivity index (χ1) is 24.3. The average molecular weight is 875 g/mol. The minimum Gasteiger partial charge on any atom is -0.392 e. The van der Waals surface area contributed by atoms with Gasteiger partial charge in [0.2, 0.25) is 0 Å². The molecule has 3 rings (SSSR count). The number of aliphatic hydroxyl groups excluding tert-OH is 4. The minimum atomic E-state index is -0.0131. The first kappa shape index (κ1) is 56.3. The molecule has 292 valence electrons. The summed E-state index contributed by atoms with van der Waals surface area (Å²) in [7, 11) is 17.2. The standard InChI is InChI=1S/C12H18O2.C11H17N.C9H13NO2.C3H6O.H7P5.H6P4/c1-2-3-4-10-5-11(8-13)7-12(6-10)9-14;1-3-9-5-10(4-2)7-11(6-9)8-12;10-4-7-1-8(5-11)3-9(2-7)6-12;1-2-3-4;1-4-5(2)3;1-4(2)3/h5-7,13-14H,2-4,8-9H2,1H3;5-7H,3-4,8,12H2,1-2H3;1-3,11-12H,4-6,10H2;3H,2H2,1H3;4H,1-3H2;1-3H2. The first-order valence-corrected chi connectivity index (χ1v) is 31.2. The van der Waals surface area contributed by atoms with E-state index in [1.807, 2.05) is 37.3 Å². The SMILES string of the molecule is CCC=O.CCCCc1cc(CO)cc(CO)c1.CCc1cc(CC)cc(CN)c1.NCc1cc(CO)cc(CO)c1.PP(P)P.PPP(P)P.